The molecule has 6 nitrogen and oxygen atoms in total. The fourth-order valence-corrected chi connectivity index (χ4v) is 3.10. The molecule has 1 atom stereocenters. The van der Waals surface area contributed by atoms with E-state index in [-0.39, 0.29) is 11.5 Å². The molecule has 0 radical (unpaired) electrons. The molecule has 1 N–H and O–H groups in total. The van der Waals surface area contributed by atoms with E-state index in [1.807, 2.05) is 38.1 Å². The van der Waals surface area contributed by atoms with Crippen molar-refractivity contribution >= 4 is 23.3 Å². The molecular formula is C24H24N2O4. The Morgan fingerprint density at radius 2 is 1.70 bits per heavy atom. The van der Waals surface area contributed by atoms with Crippen LogP contribution in [0, 0.1) is 13.8 Å². The molecule has 0 aliphatic carbocycles. The smallest absolute Gasteiger partial charge is 0.356 e. The third-order valence-electron chi connectivity index (χ3n) is 4.84. The minimum Gasteiger partial charge on any atom is -0.443 e. The molecule has 0 aliphatic heterocycles. The maximum Gasteiger partial charge on any atom is 0.356 e. The number of rotatable bonds is 6. The summed E-state index contributed by atoms with van der Waals surface area (Å²) in [6.45, 7) is 5.26. The number of ketones is 1. The molecular weight excluding hydrogens is 380 g/mol. The Balaban J connectivity index is 1.90. The van der Waals surface area contributed by atoms with E-state index in [0.717, 1.165) is 11.1 Å². The Morgan fingerprint density at radius 3 is 2.33 bits per heavy atom. The Hall–Kier alpha value is -3.67. The maximum atomic E-state index is 13.1. The van der Waals surface area contributed by atoms with Crippen LogP contribution < -0.4 is 5.32 Å². The number of hydrogen-bond acceptors (Lipinski definition) is 4. The normalized spacial score (nSPS) is 11.6. The monoisotopic (exact) mass is 404 g/mol. The average Bonchev–Trinajstić information content (AvgIpc) is 3.11. The summed E-state index contributed by atoms with van der Waals surface area (Å²) in [7, 11) is 1.65. The van der Waals surface area contributed by atoms with Crippen molar-refractivity contribution in [1.82, 2.24) is 4.57 Å². The van der Waals surface area contributed by atoms with E-state index in [0.29, 0.717) is 16.8 Å². The summed E-state index contributed by atoms with van der Waals surface area (Å²) >= 11 is 0. The third kappa shape index (κ3) is 4.66. The zero-order valence-corrected chi connectivity index (χ0v) is 17.4. The van der Waals surface area contributed by atoms with E-state index in [1.165, 1.54) is 17.6 Å². The molecule has 0 bridgehead atoms. The number of Topliss-reactive ketones (excluding diaryl/α,β-unsaturated/α-hetero) is 1. The summed E-state index contributed by atoms with van der Waals surface area (Å²) in [5.41, 5.74) is 3.72. The van der Waals surface area contributed by atoms with Crippen molar-refractivity contribution in [3.63, 3.8) is 0 Å². The molecule has 3 rings (SSSR count). The third-order valence-corrected chi connectivity index (χ3v) is 4.84. The second-order valence-electron chi connectivity index (χ2n) is 7.28. The number of esters is 1. The van der Waals surface area contributed by atoms with Crippen molar-refractivity contribution < 1.29 is 19.1 Å². The topological polar surface area (TPSA) is 77.4 Å². The summed E-state index contributed by atoms with van der Waals surface area (Å²) in [5, 5.41) is 2.87. The lowest BCUT2D eigenvalue weighted by Gasteiger charge is -2.19. The van der Waals surface area contributed by atoms with Gasteiger partial charge in [0.15, 0.2) is 5.78 Å². The quantitative estimate of drug-likeness (QED) is 0.489. The Bertz CT molecular complexity index is 1100. The van der Waals surface area contributed by atoms with Crippen molar-refractivity contribution in [3.05, 3.63) is 88.7 Å². The standard InChI is InChI=1S/C24H24N2O4/c1-15-10-11-16(2)20(12-15)25-23(28)22(18-8-6-5-7-9-18)30-24(29)21-13-19(17(3)27)14-26(21)4/h5-14,22H,1-4H3,(H,25,28)/t22-/m0/s1. The zero-order chi connectivity index (χ0) is 21.8. The van der Waals surface area contributed by atoms with Gasteiger partial charge in [-0.3, -0.25) is 9.59 Å². The number of anilines is 1. The first-order valence-electron chi connectivity index (χ1n) is 9.57. The predicted octanol–water partition coefficient (Wildman–Crippen LogP) is 4.38. The molecule has 2 aromatic carbocycles. The lowest BCUT2D eigenvalue weighted by atomic mass is 10.1. The Morgan fingerprint density at radius 1 is 1.00 bits per heavy atom. The van der Waals surface area contributed by atoms with Gasteiger partial charge < -0.3 is 14.6 Å². The van der Waals surface area contributed by atoms with Gasteiger partial charge in [-0.05, 0) is 44.0 Å². The van der Waals surface area contributed by atoms with Crippen LogP contribution in [0.3, 0.4) is 0 Å². The van der Waals surface area contributed by atoms with Crippen LogP contribution in [0.4, 0.5) is 5.69 Å². The van der Waals surface area contributed by atoms with Crippen LogP contribution in [0.1, 0.15) is 50.6 Å². The molecule has 1 heterocycles. The highest BCUT2D eigenvalue weighted by atomic mass is 16.5. The number of nitrogens with zero attached hydrogens (tertiary/aromatic N) is 1. The molecule has 1 amide bonds. The minimum atomic E-state index is -1.14. The Labute approximate surface area is 175 Å². The van der Waals surface area contributed by atoms with Crippen molar-refractivity contribution in [1.29, 1.82) is 0 Å². The van der Waals surface area contributed by atoms with E-state index < -0.39 is 18.0 Å². The van der Waals surface area contributed by atoms with Gasteiger partial charge in [0.05, 0.1) is 0 Å². The molecule has 6 heteroatoms. The van der Waals surface area contributed by atoms with E-state index in [4.69, 9.17) is 4.74 Å². The zero-order valence-electron chi connectivity index (χ0n) is 17.4. The van der Waals surface area contributed by atoms with Gasteiger partial charge in [-0.1, -0.05) is 42.5 Å². The number of hydrogen-bond donors (Lipinski definition) is 1. The predicted molar refractivity (Wildman–Crippen MR) is 115 cm³/mol. The number of nitrogens with one attached hydrogen (secondary N) is 1. The largest absolute Gasteiger partial charge is 0.443 e. The molecule has 3 aromatic rings. The van der Waals surface area contributed by atoms with Gasteiger partial charge >= 0.3 is 5.97 Å². The van der Waals surface area contributed by atoms with Crippen LogP contribution in [-0.4, -0.2) is 22.2 Å². The number of ether oxygens (including phenoxy) is 1. The molecule has 0 fully saturated rings. The molecule has 0 saturated carbocycles. The van der Waals surface area contributed by atoms with Crippen molar-refractivity contribution in [2.24, 2.45) is 7.05 Å². The highest BCUT2D eigenvalue weighted by molar-refractivity contribution is 6.00. The molecule has 154 valence electrons. The fraction of sp³-hybridized carbons (Fsp3) is 0.208. The van der Waals surface area contributed by atoms with Crippen LogP contribution in [-0.2, 0) is 16.6 Å². The summed E-state index contributed by atoms with van der Waals surface area (Å²) in [6.07, 6.45) is 0.418. The fourth-order valence-electron chi connectivity index (χ4n) is 3.10. The SMILES string of the molecule is CC(=O)c1cc(C(=O)O[C@H](C(=O)Nc2cc(C)ccc2C)c2ccccc2)n(C)c1. The second-order valence-corrected chi connectivity index (χ2v) is 7.28. The first kappa shape index (κ1) is 21.0. The van der Waals surface area contributed by atoms with E-state index in [9.17, 15) is 14.4 Å². The second kappa shape index (κ2) is 8.78. The molecule has 30 heavy (non-hydrogen) atoms. The van der Waals surface area contributed by atoms with Crippen molar-refractivity contribution in [2.75, 3.05) is 5.32 Å². The highest BCUT2D eigenvalue weighted by Crippen LogP contribution is 2.24. The summed E-state index contributed by atoms with van der Waals surface area (Å²) < 4.78 is 7.14. The van der Waals surface area contributed by atoms with Crippen LogP contribution in [0.15, 0.2) is 60.8 Å². The maximum absolute atomic E-state index is 13.1. The first-order valence-corrected chi connectivity index (χ1v) is 9.57. The van der Waals surface area contributed by atoms with E-state index in [1.54, 1.807) is 37.5 Å². The summed E-state index contributed by atoms with van der Waals surface area (Å²) in [5.74, 6) is -1.30. The number of benzene rings is 2. The van der Waals surface area contributed by atoms with Crippen LogP contribution in [0.5, 0.6) is 0 Å². The average molecular weight is 404 g/mol. The minimum absolute atomic E-state index is 0.156. The number of aromatic nitrogens is 1. The number of aryl methyl sites for hydroxylation is 3. The highest BCUT2D eigenvalue weighted by Gasteiger charge is 2.27. The van der Waals surface area contributed by atoms with Gasteiger partial charge in [-0.15, -0.1) is 0 Å². The lowest BCUT2D eigenvalue weighted by Crippen LogP contribution is -2.26. The van der Waals surface area contributed by atoms with Gasteiger partial charge in [0.25, 0.3) is 5.91 Å². The molecule has 0 unspecified atom stereocenters. The number of carbonyl (C=O) groups is 3. The summed E-state index contributed by atoms with van der Waals surface area (Å²) in [4.78, 5) is 37.5. The number of amides is 1. The van der Waals surface area contributed by atoms with Gasteiger partial charge in [0.2, 0.25) is 6.10 Å². The van der Waals surface area contributed by atoms with Gasteiger partial charge in [-0.25, -0.2) is 4.79 Å². The number of carbonyl (C=O) groups excluding carboxylic acids is 3. The molecule has 0 spiro atoms. The molecule has 0 aliphatic rings. The van der Waals surface area contributed by atoms with Crippen LogP contribution in [0.25, 0.3) is 0 Å². The van der Waals surface area contributed by atoms with Gasteiger partial charge in [0, 0.05) is 30.1 Å². The van der Waals surface area contributed by atoms with Gasteiger partial charge in [0.1, 0.15) is 5.69 Å². The van der Waals surface area contributed by atoms with Gasteiger partial charge in [-0.2, -0.15) is 0 Å². The van der Waals surface area contributed by atoms with Crippen molar-refractivity contribution in [2.45, 2.75) is 26.9 Å². The molecule has 0 saturated heterocycles. The van der Waals surface area contributed by atoms with Crippen LogP contribution >= 0.6 is 0 Å². The molecule has 1 aromatic heterocycles. The first-order chi connectivity index (χ1) is 14.3. The van der Waals surface area contributed by atoms with E-state index >= 15 is 0 Å². The lowest BCUT2D eigenvalue weighted by molar-refractivity contribution is -0.125. The van der Waals surface area contributed by atoms with Crippen LogP contribution in [0.2, 0.25) is 0 Å². The van der Waals surface area contributed by atoms with Crippen molar-refractivity contribution in [3.8, 4) is 0 Å². The van der Waals surface area contributed by atoms with E-state index in [2.05, 4.69) is 5.32 Å². The summed E-state index contributed by atoms with van der Waals surface area (Å²) in [6, 6.07) is 16.0. The Kier molecular flexibility index (Phi) is 6.16.